The molecular formula is C17H18N4OS3. The van der Waals surface area contributed by atoms with E-state index in [-0.39, 0.29) is 5.91 Å². The van der Waals surface area contributed by atoms with Crippen molar-refractivity contribution in [1.82, 2.24) is 15.2 Å². The summed E-state index contributed by atoms with van der Waals surface area (Å²) in [4.78, 5) is 16.6. The van der Waals surface area contributed by atoms with E-state index in [1.807, 2.05) is 36.4 Å². The van der Waals surface area contributed by atoms with Crippen molar-refractivity contribution in [3.05, 3.63) is 36.4 Å². The third-order valence-corrected chi connectivity index (χ3v) is 6.29. The van der Waals surface area contributed by atoms with Crippen LogP contribution in [-0.2, 0) is 4.79 Å². The molecule has 25 heavy (non-hydrogen) atoms. The number of thioether (sulfide) groups is 2. The zero-order chi connectivity index (χ0) is 17.5. The quantitative estimate of drug-likeness (QED) is 0.341. The van der Waals surface area contributed by atoms with Gasteiger partial charge in [0.05, 0.1) is 16.3 Å². The van der Waals surface area contributed by atoms with E-state index in [1.165, 1.54) is 23.1 Å². The molecule has 3 aromatic rings. The molecule has 0 saturated heterocycles. The maximum Gasteiger partial charge on any atom is 0.236 e. The molecule has 2 aromatic heterocycles. The van der Waals surface area contributed by atoms with E-state index in [2.05, 4.69) is 27.4 Å². The van der Waals surface area contributed by atoms with E-state index in [1.54, 1.807) is 11.8 Å². The van der Waals surface area contributed by atoms with Gasteiger partial charge in [-0.2, -0.15) is 0 Å². The molecule has 0 atom stereocenters. The van der Waals surface area contributed by atoms with E-state index in [4.69, 9.17) is 0 Å². The van der Waals surface area contributed by atoms with Gasteiger partial charge in [-0.1, -0.05) is 72.5 Å². The van der Waals surface area contributed by atoms with Crippen molar-refractivity contribution in [2.75, 3.05) is 16.8 Å². The highest BCUT2D eigenvalue weighted by molar-refractivity contribution is 8.01. The molecule has 1 N–H and O–H groups in total. The molecule has 0 aliphatic rings. The van der Waals surface area contributed by atoms with Crippen LogP contribution in [0.4, 0.5) is 5.13 Å². The Morgan fingerprint density at radius 1 is 1.16 bits per heavy atom. The molecule has 1 aromatic carbocycles. The van der Waals surface area contributed by atoms with Crippen LogP contribution in [0.3, 0.4) is 0 Å². The van der Waals surface area contributed by atoms with Crippen LogP contribution in [0.25, 0.3) is 10.9 Å². The fourth-order valence-electron chi connectivity index (χ4n) is 2.04. The minimum atomic E-state index is -0.0961. The van der Waals surface area contributed by atoms with Crippen LogP contribution in [0, 0.1) is 0 Å². The smallest absolute Gasteiger partial charge is 0.236 e. The van der Waals surface area contributed by atoms with E-state index in [0.29, 0.717) is 10.9 Å². The number of rotatable bonds is 8. The molecule has 0 saturated carbocycles. The van der Waals surface area contributed by atoms with Crippen molar-refractivity contribution in [2.45, 2.75) is 29.1 Å². The van der Waals surface area contributed by atoms with Gasteiger partial charge in [0.25, 0.3) is 0 Å². The Bertz CT molecular complexity index is 853. The second kappa shape index (κ2) is 9.17. The summed E-state index contributed by atoms with van der Waals surface area (Å²) in [5.74, 6) is 1.23. The third kappa shape index (κ3) is 5.42. The summed E-state index contributed by atoms with van der Waals surface area (Å²) in [7, 11) is 0. The number of carbonyl (C=O) groups is 1. The molecule has 0 aliphatic carbocycles. The standard InChI is InChI=1S/C17H18N4OS3/c1-2-3-10-23-17-21-20-16(25-17)19-14(22)11-24-15-9-8-12-6-4-5-7-13(12)18-15/h4-9H,2-3,10-11H2,1H3,(H,19,20,22). The van der Waals surface area contributed by atoms with Crippen molar-refractivity contribution in [3.63, 3.8) is 0 Å². The normalized spacial score (nSPS) is 10.9. The molecule has 0 aliphatic heterocycles. The van der Waals surface area contributed by atoms with Gasteiger partial charge in [-0.3, -0.25) is 10.1 Å². The average Bonchev–Trinajstić information content (AvgIpc) is 3.07. The number of carbonyl (C=O) groups excluding carboxylic acids is 1. The second-order valence-corrected chi connectivity index (χ2v) is 8.57. The Hall–Kier alpha value is -1.64. The molecule has 2 heterocycles. The van der Waals surface area contributed by atoms with Gasteiger partial charge in [0.15, 0.2) is 4.34 Å². The Kier molecular flexibility index (Phi) is 6.66. The number of amides is 1. The summed E-state index contributed by atoms with van der Waals surface area (Å²) in [6.45, 7) is 2.16. The number of anilines is 1. The van der Waals surface area contributed by atoms with E-state index < -0.39 is 0 Å². The SMILES string of the molecule is CCCCSc1nnc(NC(=O)CSc2ccc3ccccc3n2)s1. The minimum absolute atomic E-state index is 0.0961. The summed E-state index contributed by atoms with van der Waals surface area (Å²) in [5.41, 5.74) is 0.936. The van der Waals surface area contributed by atoms with E-state index >= 15 is 0 Å². The number of fused-ring (bicyclic) bond motifs is 1. The fourth-order valence-corrected chi connectivity index (χ4v) is 4.65. The molecule has 0 bridgehead atoms. The number of unbranched alkanes of at least 4 members (excludes halogenated alkanes) is 1. The van der Waals surface area contributed by atoms with Gasteiger partial charge in [0, 0.05) is 11.1 Å². The van der Waals surface area contributed by atoms with Gasteiger partial charge in [-0.15, -0.1) is 10.2 Å². The maximum absolute atomic E-state index is 12.1. The molecular weight excluding hydrogens is 372 g/mol. The summed E-state index contributed by atoms with van der Waals surface area (Å²) in [5, 5.41) is 13.4. The molecule has 5 nitrogen and oxygen atoms in total. The van der Waals surface area contributed by atoms with Gasteiger partial charge < -0.3 is 0 Å². The van der Waals surface area contributed by atoms with Crippen LogP contribution in [-0.4, -0.2) is 32.6 Å². The van der Waals surface area contributed by atoms with Gasteiger partial charge in [-0.05, 0) is 18.6 Å². The number of pyridine rings is 1. The van der Waals surface area contributed by atoms with Crippen molar-refractivity contribution >= 4 is 56.8 Å². The number of nitrogens with one attached hydrogen (secondary N) is 1. The van der Waals surface area contributed by atoms with Crippen LogP contribution >= 0.6 is 34.9 Å². The first-order valence-electron chi connectivity index (χ1n) is 7.99. The van der Waals surface area contributed by atoms with Crippen molar-refractivity contribution in [1.29, 1.82) is 0 Å². The molecule has 130 valence electrons. The van der Waals surface area contributed by atoms with Crippen molar-refractivity contribution in [3.8, 4) is 0 Å². The van der Waals surface area contributed by atoms with Crippen molar-refractivity contribution in [2.24, 2.45) is 0 Å². The highest BCUT2D eigenvalue weighted by atomic mass is 32.2. The number of nitrogens with zero attached hydrogens (tertiary/aromatic N) is 3. The van der Waals surface area contributed by atoms with Crippen LogP contribution in [0.15, 0.2) is 45.8 Å². The van der Waals surface area contributed by atoms with Gasteiger partial charge in [-0.25, -0.2) is 4.98 Å². The van der Waals surface area contributed by atoms with E-state index in [0.717, 1.165) is 38.9 Å². The molecule has 0 fully saturated rings. The molecule has 0 spiro atoms. The Morgan fingerprint density at radius 2 is 2.04 bits per heavy atom. The molecule has 0 radical (unpaired) electrons. The largest absolute Gasteiger partial charge is 0.300 e. The lowest BCUT2D eigenvalue weighted by Crippen LogP contribution is -2.13. The predicted molar refractivity (Wildman–Crippen MR) is 107 cm³/mol. The maximum atomic E-state index is 12.1. The first-order chi connectivity index (χ1) is 12.2. The Labute approximate surface area is 159 Å². The summed E-state index contributed by atoms with van der Waals surface area (Å²) in [6.07, 6.45) is 2.32. The van der Waals surface area contributed by atoms with Gasteiger partial charge >= 0.3 is 0 Å². The second-order valence-electron chi connectivity index (χ2n) is 5.25. The zero-order valence-electron chi connectivity index (χ0n) is 13.8. The number of aromatic nitrogens is 3. The van der Waals surface area contributed by atoms with Crippen LogP contribution in [0.1, 0.15) is 19.8 Å². The summed E-state index contributed by atoms with van der Waals surface area (Å²) < 4.78 is 0.896. The first kappa shape index (κ1) is 18.2. The lowest BCUT2D eigenvalue weighted by atomic mass is 10.2. The monoisotopic (exact) mass is 390 g/mol. The van der Waals surface area contributed by atoms with E-state index in [9.17, 15) is 4.79 Å². The van der Waals surface area contributed by atoms with Crippen LogP contribution in [0.2, 0.25) is 0 Å². The Balaban J connectivity index is 1.50. The van der Waals surface area contributed by atoms with Crippen molar-refractivity contribution < 1.29 is 4.79 Å². The number of para-hydroxylation sites is 1. The molecule has 3 rings (SSSR count). The first-order valence-corrected chi connectivity index (χ1v) is 10.8. The van der Waals surface area contributed by atoms with Gasteiger partial charge in [0.2, 0.25) is 11.0 Å². The molecule has 8 heteroatoms. The fraction of sp³-hybridized carbons (Fsp3) is 0.294. The number of hydrogen-bond acceptors (Lipinski definition) is 7. The topological polar surface area (TPSA) is 67.8 Å². The Morgan fingerprint density at radius 3 is 2.92 bits per heavy atom. The van der Waals surface area contributed by atoms with Gasteiger partial charge in [0.1, 0.15) is 0 Å². The summed E-state index contributed by atoms with van der Waals surface area (Å²) in [6, 6.07) is 11.9. The van der Waals surface area contributed by atoms with Crippen LogP contribution < -0.4 is 5.32 Å². The molecule has 0 unspecified atom stereocenters. The van der Waals surface area contributed by atoms with Crippen LogP contribution in [0.5, 0.6) is 0 Å². The summed E-state index contributed by atoms with van der Waals surface area (Å²) >= 11 is 4.52. The third-order valence-electron chi connectivity index (χ3n) is 3.30. The lowest BCUT2D eigenvalue weighted by Gasteiger charge is -2.03. The number of hydrogen-bond donors (Lipinski definition) is 1. The molecule has 1 amide bonds. The minimum Gasteiger partial charge on any atom is -0.300 e. The number of benzene rings is 1. The highest BCUT2D eigenvalue weighted by Gasteiger charge is 2.09. The predicted octanol–water partition coefficient (Wildman–Crippen LogP) is 4.71. The zero-order valence-corrected chi connectivity index (χ0v) is 16.2. The lowest BCUT2D eigenvalue weighted by molar-refractivity contribution is -0.113. The average molecular weight is 391 g/mol. The highest BCUT2D eigenvalue weighted by Crippen LogP contribution is 2.26.